The average Bonchev–Trinajstić information content (AvgIpc) is 2.66. The first-order valence-electron chi connectivity index (χ1n) is 9.86. The topological polar surface area (TPSA) is 82.1 Å². The van der Waals surface area contributed by atoms with Crippen LogP contribution in [0.5, 0.6) is 0 Å². The highest BCUT2D eigenvalue weighted by Gasteiger charge is 2.40. The van der Waals surface area contributed by atoms with Gasteiger partial charge in [-0.15, -0.1) is 0 Å². The fraction of sp³-hybridized carbons (Fsp3) is 0.600. The molecule has 1 saturated heterocycles. The van der Waals surface area contributed by atoms with Gasteiger partial charge in [0.1, 0.15) is 0 Å². The molecule has 1 aliphatic rings. The zero-order valence-electron chi connectivity index (χ0n) is 17.2. The first kappa shape index (κ1) is 23.8. The molecular weight excluding hydrogens is 403 g/mol. The summed E-state index contributed by atoms with van der Waals surface area (Å²) in [5.41, 5.74) is 3.05. The van der Waals surface area contributed by atoms with Crippen molar-refractivity contribution in [2.45, 2.75) is 45.5 Å². The van der Waals surface area contributed by atoms with Gasteiger partial charge in [-0.2, -0.15) is 13.2 Å². The van der Waals surface area contributed by atoms with Crippen LogP contribution < -0.4 is 5.32 Å². The first-order valence-corrected chi connectivity index (χ1v) is 9.86. The molecule has 1 atom stereocenters. The van der Waals surface area contributed by atoms with Crippen molar-refractivity contribution in [3.8, 4) is 0 Å². The molecule has 1 aliphatic heterocycles. The van der Waals surface area contributed by atoms with Crippen LogP contribution in [0.3, 0.4) is 0 Å². The molecule has 1 unspecified atom stereocenters. The second-order valence-corrected chi connectivity index (χ2v) is 7.42. The van der Waals surface area contributed by atoms with Crippen molar-refractivity contribution in [3.05, 3.63) is 29.3 Å². The average molecular weight is 431 g/mol. The number of carboxylic acids is 1. The van der Waals surface area contributed by atoms with E-state index in [1.807, 2.05) is 25.1 Å². The van der Waals surface area contributed by atoms with E-state index in [0.29, 0.717) is 32.6 Å². The van der Waals surface area contributed by atoms with E-state index >= 15 is 0 Å². The molecule has 1 aromatic carbocycles. The Balaban J connectivity index is 1.87. The summed E-state index contributed by atoms with van der Waals surface area (Å²) in [6, 6.07) is 5.99. The van der Waals surface area contributed by atoms with Crippen molar-refractivity contribution in [1.29, 1.82) is 0 Å². The van der Waals surface area contributed by atoms with Gasteiger partial charge in [0, 0.05) is 51.4 Å². The number of halogens is 3. The number of hydrogen-bond acceptors (Lipinski definition) is 5. The Hall–Kier alpha value is -2.49. The third kappa shape index (κ3) is 7.40. The Morgan fingerprint density at radius 3 is 2.50 bits per heavy atom. The van der Waals surface area contributed by atoms with Crippen LogP contribution in [-0.4, -0.2) is 72.0 Å². The van der Waals surface area contributed by atoms with Gasteiger partial charge in [-0.05, 0) is 37.5 Å². The van der Waals surface area contributed by atoms with Crippen molar-refractivity contribution in [1.82, 2.24) is 9.80 Å². The minimum absolute atomic E-state index is 0.0964. The van der Waals surface area contributed by atoms with E-state index < -0.39 is 24.3 Å². The molecule has 2 rings (SSSR count). The van der Waals surface area contributed by atoms with Gasteiger partial charge in [-0.25, -0.2) is 4.79 Å². The van der Waals surface area contributed by atoms with Crippen LogP contribution in [0.4, 0.5) is 23.7 Å². The number of alkyl halides is 3. The molecule has 168 valence electrons. The lowest BCUT2D eigenvalue weighted by molar-refractivity contribution is -0.200. The fourth-order valence-corrected chi connectivity index (χ4v) is 3.08. The number of ether oxygens (including phenoxy) is 1. The number of nitrogens with one attached hydrogen (secondary N) is 1. The summed E-state index contributed by atoms with van der Waals surface area (Å²) >= 11 is 0. The van der Waals surface area contributed by atoms with Gasteiger partial charge >= 0.3 is 18.2 Å². The van der Waals surface area contributed by atoms with Crippen molar-refractivity contribution in [2.75, 3.05) is 38.0 Å². The molecule has 2 N–H and O–H groups in total. The van der Waals surface area contributed by atoms with Crippen LogP contribution in [0.15, 0.2) is 18.2 Å². The molecule has 1 amide bonds. The maximum atomic E-state index is 12.6. The zero-order chi connectivity index (χ0) is 22.3. The lowest BCUT2D eigenvalue weighted by atomic mass is 10.1. The quantitative estimate of drug-likeness (QED) is 0.614. The van der Waals surface area contributed by atoms with Crippen LogP contribution in [0, 0.1) is 6.92 Å². The fourth-order valence-electron chi connectivity index (χ4n) is 3.08. The molecule has 1 heterocycles. The summed E-state index contributed by atoms with van der Waals surface area (Å²) in [5.74, 6) is -0.831. The van der Waals surface area contributed by atoms with E-state index in [1.54, 1.807) is 0 Å². The lowest BCUT2D eigenvalue weighted by Gasteiger charge is -2.35. The van der Waals surface area contributed by atoms with Crippen LogP contribution in [0.2, 0.25) is 0 Å². The summed E-state index contributed by atoms with van der Waals surface area (Å²) in [7, 11) is 0. The first-order chi connectivity index (χ1) is 14.1. The molecule has 1 fully saturated rings. The van der Waals surface area contributed by atoms with Gasteiger partial charge in [0.25, 0.3) is 0 Å². The molecule has 7 nitrogen and oxygen atoms in total. The van der Waals surface area contributed by atoms with Crippen molar-refractivity contribution in [2.24, 2.45) is 0 Å². The third-order valence-corrected chi connectivity index (χ3v) is 4.91. The SMILES string of the molecule is Cc1ccc(CN2CCN(C(=O)OC(C)C(F)(F)F)CC2)c(NCCCC(=O)O)c1. The molecule has 0 aliphatic carbocycles. The predicted octanol–water partition coefficient (Wildman–Crippen LogP) is 3.48. The van der Waals surface area contributed by atoms with Gasteiger partial charge in [0.2, 0.25) is 0 Å². The molecule has 1 aromatic rings. The van der Waals surface area contributed by atoms with Crippen molar-refractivity contribution < 1.29 is 32.6 Å². The number of aryl methyl sites for hydroxylation is 1. The predicted molar refractivity (Wildman–Crippen MR) is 105 cm³/mol. The number of aliphatic carboxylic acids is 1. The van der Waals surface area contributed by atoms with Crippen LogP contribution in [-0.2, 0) is 16.1 Å². The summed E-state index contributed by atoms with van der Waals surface area (Å²) in [6.07, 6.45) is -7.04. The molecular formula is C20H28F3N3O4. The Bertz CT molecular complexity index is 734. The highest BCUT2D eigenvalue weighted by Crippen LogP contribution is 2.24. The summed E-state index contributed by atoms with van der Waals surface area (Å²) < 4.78 is 42.2. The highest BCUT2D eigenvalue weighted by molar-refractivity contribution is 5.68. The maximum Gasteiger partial charge on any atom is 0.425 e. The maximum absolute atomic E-state index is 12.6. The highest BCUT2D eigenvalue weighted by atomic mass is 19.4. The summed E-state index contributed by atoms with van der Waals surface area (Å²) in [5, 5.41) is 12.0. The number of nitrogens with zero attached hydrogens (tertiary/aromatic N) is 2. The van der Waals surface area contributed by atoms with E-state index in [4.69, 9.17) is 5.11 Å². The molecule has 0 aromatic heterocycles. The molecule has 0 spiro atoms. The monoisotopic (exact) mass is 431 g/mol. The second kappa shape index (κ2) is 10.5. The number of carbonyl (C=O) groups is 2. The Morgan fingerprint density at radius 1 is 1.23 bits per heavy atom. The number of carboxylic acid groups (broad SMARTS) is 1. The van der Waals surface area contributed by atoms with Gasteiger partial charge < -0.3 is 20.1 Å². The van der Waals surface area contributed by atoms with Crippen molar-refractivity contribution in [3.63, 3.8) is 0 Å². The van der Waals surface area contributed by atoms with Crippen LogP contribution in [0.25, 0.3) is 0 Å². The normalized spacial score (nSPS) is 16.2. The summed E-state index contributed by atoms with van der Waals surface area (Å²) in [4.78, 5) is 26.0. The Labute approximate surface area is 173 Å². The Morgan fingerprint density at radius 2 is 1.90 bits per heavy atom. The van der Waals surface area contributed by atoms with Gasteiger partial charge in [0.05, 0.1) is 0 Å². The standard InChI is InChI=1S/C20H28F3N3O4/c1-14-5-6-16(17(12-14)24-7-3-4-18(27)28)13-25-8-10-26(11-9-25)19(29)30-15(2)20(21,22)23/h5-6,12,15,24H,3-4,7-11,13H2,1-2H3,(H,27,28). The minimum atomic E-state index is -4.57. The van der Waals surface area contributed by atoms with Gasteiger partial charge in [0.15, 0.2) is 6.10 Å². The smallest absolute Gasteiger partial charge is 0.425 e. The van der Waals surface area contributed by atoms with Crippen LogP contribution >= 0.6 is 0 Å². The van der Waals surface area contributed by atoms with Crippen LogP contribution in [0.1, 0.15) is 30.9 Å². The molecule has 10 heteroatoms. The van der Waals surface area contributed by atoms with E-state index in [2.05, 4.69) is 15.0 Å². The van der Waals surface area contributed by atoms with E-state index in [-0.39, 0.29) is 19.5 Å². The number of carbonyl (C=O) groups excluding carboxylic acids is 1. The number of piperazine rings is 1. The zero-order valence-corrected chi connectivity index (χ0v) is 17.2. The largest absolute Gasteiger partial charge is 0.481 e. The third-order valence-electron chi connectivity index (χ3n) is 4.91. The van der Waals surface area contributed by atoms with Crippen molar-refractivity contribution >= 4 is 17.7 Å². The van der Waals surface area contributed by atoms with E-state index in [1.165, 1.54) is 4.90 Å². The van der Waals surface area contributed by atoms with E-state index in [9.17, 15) is 22.8 Å². The number of anilines is 1. The second-order valence-electron chi connectivity index (χ2n) is 7.42. The molecule has 0 bridgehead atoms. The van der Waals surface area contributed by atoms with E-state index in [0.717, 1.165) is 23.7 Å². The molecule has 30 heavy (non-hydrogen) atoms. The molecule has 0 saturated carbocycles. The van der Waals surface area contributed by atoms with Gasteiger partial charge in [-0.1, -0.05) is 12.1 Å². The number of rotatable bonds is 8. The minimum Gasteiger partial charge on any atom is -0.481 e. The number of benzene rings is 1. The Kier molecular flexibility index (Phi) is 8.33. The van der Waals surface area contributed by atoms with Gasteiger partial charge in [-0.3, -0.25) is 9.69 Å². The lowest BCUT2D eigenvalue weighted by Crippen LogP contribution is -2.49. The number of hydrogen-bond donors (Lipinski definition) is 2. The number of amides is 1. The summed E-state index contributed by atoms with van der Waals surface area (Å²) in [6.45, 7) is 5.55. The molecule has 0 radical (unpaired) electrons.